The number of aryl methyl sites for hydroxylation is 2. The van der Waals surface area contributed by atoms with Gasteiger partial charge in [-0.05, 0) is 26.7 Å². The van der Waals surface area contributed by atoms with Crippen molar-refractivity contribution in [3.8, 4) is 0 Å². The van der Waals surface area contributed by atoms with Crippen LogP contribution in [0.2, 0.25) is 0 Å². The second-order valence-electron chi connectivity index (χ2n) is 6.41. The third-order valence-electron chi connectivity index (χ3n) is 4.28. The number of fused-ring (bicyclic) bond motifs is 1. The number of rotatable bonds is 5. The fourth-order valence-corrected chi connectivity index (χ4v) is 2.42. The summed E-state index contributed by atoms with van der Waals surface area (Å²) in [6, 6.07) is 1.83. The number of carbonyl (C=O) groups excluding carboxylic acids is 1. The van der Waals surface area contributed by atoms with E-state index in [1.165, 1.54) is 6.20 Å². The minimum atomic E-state index is -0.950. The Balaban J connectivity index is 2.36. The Hall–Kier alpha value is -2.44. The summed E-state index contributed by atoms with van der Waals surface area (Å²) in [5.74, 6) is -1.33. The average Bonchev–Trinajstić information content (AvgIpc) is 2.79. The van der Waals surface area contributed by atoms with E-state index in [0.29, 0.717) is 16.9 Å². The Bertz CT molecular complexity index is 766. The lowest BCUT2D eigenvalue weighted by molar-refractivity contribution is -0.138. The molecule has 23 heavy (non-hydrogen) atoms. The molecule has 0 aromatic carbocycles. The van der Waals surface area contributed by atoms with Gasteiger partial charge in [-0.3, -0.25) is 9.59 Å². The normalized spacial score (nSPS) is 14.0. The monoisotopic (exact) mass is 318 g/mol. The van der Waals surface area contributed by atoms with Gasteiger partial charge in [-0.15, -0.1) is 0 Å². The van der Waals surface area contributed by atoms with Gasteiger partial charge in [0, 0.05) is 12.3 Å². The molecule has 7 nitrogen and oxygen atoms in total. The van der Waals surface area contributed by atoms with Crippen LogP contribution in [0.4, 0.5) is 0 Å². The molecule has 0 aliphatic rings. The molecule has 2 aromatic heterocycles. The second-order valence-corrected chi connectivity index (χ2v) is 6.41. The van der Waals surface area contributed by atoms with Crippen LogP contribution in [-0.4, -0.2) is 37.1 Å². The van der Waals surface area contributed by atoms with Crippen molar-refractivity contribution < 1.29 is 14.7 Å². The highest BCUT2D eigenvalue weighted by molar-refractivity contribution is 5.96. The average molecular weight is 318 g/mol. The summed E-state index contributed by atoms with van der Waals surface area (Å²) in [5, 5.41) is 16.3. The van der Waals surface area contributed by atoms with E-state index in [1.807, 2.05) is 26.8 Å². The van der Waals surface area contributed by atoms with Gasteiger partial charge in [0.15, 0.2) is 5.65 Å². The van der Waals surface area contributed by atoms with Gasteiger partial charge >= 0.3 is 5.97 Å². The van der Waals surface area contributed by atoms with Crippen molar-refractivity contribution in [2.24, 2.45) is 5.92 Å². The number of nitrogens with zero attached hydrogens (tertiary/aromatic N) is 3. The SMILES string of the molecule is Cc1cc2ncc(C(=O)NC(C)(CC(=O)O)C(C)C)c(C)n2n1. The van der Waals surface area contributed by atoms with Crippen LogP contribution < -0.4 is 5.32 Å². The molecule has 0 bridgehead atoms. The first-order valence-corrected chi connectivity index (χ1v) is 7.50. The fourth-order valence-electron chi connectivity index (χ4n) is 2.42. The van der Waals surface area contributed by atoms with E-state index in [2.05, 4.69) is 15.4 Å². The Morgan fingerprint density at radius 3 is 2.61 bits per heavy atom. The highest BCUT2D eigenvalue weighted by Gasteiger charge is 2.33. The summed E-state index contributed by atoms with van der Waals surface area (Å²) < 4.78 is 1.62. The minimum absolute atomic E-state index is 0.0357. The van der Waals surface area contributed by atoms with E-state index >= 15 is 0 Å². The maximum atomic E-state index is 12.6. The fraction of sp³-hybridized carbons (Fsp3) is 0.500. The number of nitrogens with one attached hydrogen (secondary N) is 1. The van der Waals surface area contributed by atoms with Gasteiger partial charge in [-0.1, -0.05) is 13.8 Å². The zero-order valence-electron chi connectivity index (χ0n) is 14.0. The van der Waals surface area contributed by atoms with Gasteiger partial charge in [0.25, 0.3) is 5.91 Å². The Labute approximate surface area is 134 Å². The molecule has 1 amide bonds. The maximum Gasteiger partial charge on any atom is 0.305 e. The van der Waals surface area contributed by atoms with E-state index in [-0.39, 0.29) is 18.2 Å². The van der Waals surface area contributed by atoms with E-state index in [4.69, 9.17) is 5.11 Å². The molecule has 0 saturated heterocycles. The Kier molecular flexibility index (Phi) is 4.40. The number of aliphatic carboxylic acids is 1. The Morgan fingerprint density at radius 2 is 2.04 bits per heavy atom. The van der Waals surface area contributed by atoms with Crippen LogP contribution in [0.5, 0.6) is 0 Å². The van der Waals surface area contributed by atoms with Gasteiger partial charge in [-0.25, -0.2) is 9.50 Å². The summed E-state index contributed by atoms with van der Waals surface area (Å²) in [7, 11) is 0. The zero-order chi connectivity index (χ0) is 17.4. The highest BCUT2D eigenvalue weighted by atomic mass is 16.4. The lowest BCUT2D eigenvalue weighted by Gasteiger charge is -2.33. The number of carboxylic acids is 1. The molecule has 2 rings (SSSR count). The summed E-state index contributed by atoms with van der Waals surface area (Å²) in [4.78, 5) is 28.0. The second kappa shape index (κ2) is 5.98. The van der Waals surface area contributed by atoms with Crippen LogP contribution in [-0.2, 0) is 4.79 Å². The molecule has 1 unspecified atom stereocenters. The predicted octanol–water partition coefficient (Wildman–Crippen LogP) is 1.97. The molecule has 0 aliphatic heterocycles. The Morgan fingerprint density at radius 1 is 1.39 bits per heavy atom. The van der Waals surface area contributed by atoms with Crippen LogP contribution in [0.25, 0.3) is 5.65 Å². The maximum absolute atomic E-state index is 12.6. The molecule has 0 radical (unpaired) electrons. The van der Waals surface area contributed by atoms with Crippen molar-refractivity contribution in [2.75, 3.05) is 0 Å². The molecule has 0 aliphatic carbocycles. The number of hydrogen-bond acceptors (Lipinski definition) is 4. The molecular weight excluding hydrogens is 296 g/mol. The molecule has 0 saturated carbocycles. The quantitative estimate of drug-likeness (QED) is 0.878. The van der Waals surface area contributed by atoms with Gasteiger partial charge < -0.3 is 10.4 Å². The van der Waals surface area contributed by atoms with Gasteiger partial charge in [0.05, 0.1) is 28.9 Å². The minimum Gasteiger partial charge on any atom is -0.481 e. The summed E-state index contributed by atoms with van der Waals surface area (Å²) in [5.41, 5.74) is 1.70. The van der Waals surface area contributed by atoms with Crippen molar-refractivity contribution in [2.45, 2.75) is 46.6 Å². The molecular formula is C16H22N4O3. The lowest BCUT2D eigenvalue weighted by Crippen LogP contribution is -2.51. The first-order chi connectivity index (χ1) is 10.6. The van der Waals surface area contributed by atoms with E-state index in [0.717, 1.165) is 5.69 Å². The summed E-state index contributed by atoms with van der Waals surface area (Å²) >= 11 is 0. The molecule has 7 heteroatoms. The van der Waals surface area contributed by atoms with Crippen LogP contribution in [0.15, 0.2) is 12.3 Å². The third-order valence-corrected chi connectivity index (χ3v) is 4.28. The van der Waals surface area contributed by atoms with Gasteiger partial charge in [0.2, 0.25) is 0 Å². The highest BCUT2D eigenvalue weighted by Crippen LogP contribution is 2.22. The number of amides is 1. The van der Waals surface area contributed by atoms with Gasteiger partial charge in [0.1, 0.15) is 0 Å². The van der Waals surface area contributed by atoms with Gasteiger partial charge in [-0.2, -0.15) is 5.10 Å². The van der Waals surface area contributed by atoms with Crippen molar-refractivity contribution in [1.29, 1.82) is 0 Å². The van der Waals surface area contributed by atoms with E-state index < -0.39 is 11.5 Å². The van der Waals surface area contributed by atoms with E-state index in [1.54, 1.807) is 18.4 Å². The smallest absolute Gasteiger partial charge is 0.305 e. The number of hydrogen-bond donors (Lipinski definition) is 2. The molecule has 124 valence electrons. The summed E-state index contributed by atoms with van der Waals surface area (Å²) in [6.07, 6.45) is 1.36. The number of carbonyl (C=O) groups is 2. The molecule has 2 N–H and O–H groups in total. The predicted molar refractivity (Wildman–Crippen MR) is 85.4 cm³/mol. The van der Waals surface area contributed by atoms with Crippen LogP contribution in [0.3, 0.4) is 0 Å². The number of carboxylic acid groups (broad SMARTS) is 1. The summed E-state index contributed by atoms with van der Waals surface area (Å²) in [6.45, 7) is 9.16. The first kappa shape index (κ1) is 16.9. The largest absolute Gasteiger partial charge is 0.481 e. The third kappa shape index (κ3) is 3.33. The van der Waals surface area contributed by atoms with Crippen LogP contribution in [0, 0.1) is 19.8 Å². The van der Waals surface area contributed by atoms with Crippen molar-refractivity contribution in [3.63, 3.8) is 0 Å². The van der Waals surface area contributed by atoms with Crippen LogP contribution >= 0.6 is 0 Å². The topological polar surface area (TPSA) is 96.6 Å². The van der Waals surface area contributed by atoms with Crippen molar-refractivity contribution in [1.82, 2.24) is 19.9 Å². The van der Waals surface area contributed by atoms with E-state index in [9.17, 15) is 9.59 Å². The molecule has 2 aromatic rings. The molecule has 1 atom stereocenters. The number of aromatic nitrogens is 3. The molecule has 0 fully saturated rings. The molecule has 0 spiro atoms. The van der Waals surface area contributed by atoms with Crippen LogP contribution in [0.1, 0.15) is 48.9 Å². The van der Waals surface area contributed by atoms with Crippen molar-refractivity contribution >= 4 is 17.5 Å². The molecule has 2 heterocycles. The zero-order valence-corrected chi connectivity index (χ0v) is 14.0. The standard InChI is InChI=1S/C16H22N4O3/c1-9(2)16(5,7-14(21)22)18-15(23)12-8-17-13-6-10(3)19-20(13)11(12)4/h6,8-9H,7H2,1-5H3,(H,18,23)(H,21,22). The lowest BCUT2D eigenvalue weighted by atomic mass is 9.85. The first-order valence-electron chi connectivity index (χ1n) is 7.50. The van der Waals surface area contributed by atoms with Crippen molar-refractivity contribution in [3.05, 3.63) is 29.2 Å².